The Bertz CT molecular complexity index is 570. The minimum atomic E-state index is -1.05. The molecule has 1 heterocycles. The Morgan fingerprint density at radius 3 is 2.65 bits per heavy atom. The zero-order valence-electron chi connectivity index (χ0n) is 11.7. The van der Waals surface area contributed by atoms with E-state index in [-0.39, 0.29) is 11.6 Å². The van der Waals surface area contributed by atoms with E-state index in [1.165, 1.54) is 30.2 Å². The lowest BCUT2D eigenvalue weighted by Gasteiger charge is -2.40. The molecule has 1 aliphatic heterocycles. The molecule has 1 aromatic rings. The summed E-state index contributed by atoms with van der Waals surface area (Å²) in [5.74, 6) is 0.115. The average Bonchev–Trinajstić information content (AvgIpc) is 2.38. The number of nitrogens with zero attached hydrogens (tertiary/aromatic N) is 2. The van der Waals surface area contributed by atoms with Crippen LogP contribution in [0.2, 0.25) is 0 Å². The van der Waals surface area contributed by atoms with Crippen LogP contribution < -0.4 is 9.64 Å². The van der Waals surface area contributed by atoms with Gasteiger partial charge < -0.3 is 9.47 Å². The van der Waals surface area contributed by atoms with E-state index in [0.717, 1.165) is 0 Å². The summed E-state index contributed by atoms with van der Waals surface area (Å²) >= 11 is 0. The first-order valence-electron chi connectivity index (χ1n) is 6.12. The van der Waals surface area contributed by atoms with E-state index < -0.39 is 16.8 Å². The van der Waals surface area contributed by atoms with Gasteiger partial charge in [0.05, 0.1) is 10.6 Å². The van der Waals surface area contributed by atoms with E-state index in [1.807, 2.05) is 0 Å². The predicted molar refractivity (Wildman–Crippen MR) is 71.8 cm³/mol. The number of non-ortho nitro benzene ring substituents is 1. The summed E-state index contributed by atoms with van der Waals surface area (Å²) in [6.45, 7) is 4.99. The molecule has 1 unspecified atom stereocenters. The van der Waals surface area contributed by atoms with Crippen LogP contribution in [0.1, 0.15) is 20.8 Å². The van der Waals surface area contributed by atoms with Crippen molar-refractivity contribution in [3.8, 4) is 5.75 Å². The van der Waals surface area contributed by atoms with Gasteiger partial charge in [-0.05, 0) is 26.8 Å². The van der Waals surface area contributed by atoms with Crippen LogP contribution in [0.5, 0.6) is 5.75 Å². The van der Waals surface area contributed by atoms with Crippen molar-refractivity contribution in [3.63, 3.8) is 0 Å². The summed E-state index contributed by atoms with van der Waals surface area (Å²) in [7, 11) is 1.47. The Labute approximate surface area is 116 Å². The number of anilines is 1. The summed E-state index contributed by atoms with van der Waals surface area (Å²) in [6.07, 6.45) is -0.550. The first kappa shape index (κ1) is 14.3. The zero-order chi connectivity index (χ0) is 15.1. The molecule has 1 atom stereocenters. The summed E-state index contributed by atoms with van der Waals surface area (Å²) in [6, 6.07) is 4.16. The maximum absolute atomic E-state index is 12.4. The fourth-order valence-electron chi connectivity index (χ4n) is 2.08. The van der Waals surface area contributed by atoms with Crippen LogP contribution in [-0.4, -0.2) is 29.8 Å². The van der Waals surface area contributed by atoms with Gasteiger partial charge in [-0.25, -0.2) is 0 Å². The molecular formula is C13H16N2O5. The van der Waals surface area contributed by atoms with Gasteiger partial charge in [0, 0.05) is 19.2 Å². The minimum Gasteiger partial charge on any atom is -0.476 e. The van der Waals surface area contributed by atoms with Gasteiger partial charge in [-0.1, -0.05) is 0 Å². The summed E-state index contributed by atoms with van der Waals surface area (Å²) in [5, 5.41) is 10.9. The third-order valence-electron chi connectivity index (χ3n) is 3.22. The zero-order valence-corrected chi connectivity index (χ0v) is 11.7. The molecule has 0 bridgehead atoms. The first-order chi connectivity index (χ1) is 9.27. The molecule has 7 heteroatoms. The molecule has 0 aliphatic carbocycles. The van der Waals surface area contributed by atoms with Crippen molar-refractivity contribution in [3.05, 3.63) is 28.3 Å². The highest BCUT2D eigenvalue weighted by Gasteiger charge is 2.43. The van der Waals surface area contributed by atoms with Crippen LogP contribution in [-0.2, 0) is 9.53 Å². The van der Waals surface area contributed by atoms with Crippen molar-refractivity contribution in [2.24, 2.45) is 0 Å². The van der Waals surface area contributed by atoms with Crippen molar-refractivity contribution >= 4 is 17.3 Å². The molecule has 0 radical (unpaired) electrons. The Kier molecular flexibility index (Phi) is 3.39. The lowest BCUT2D eigenvalue weighted by atomic mass is 10.0. The Morgan fingerprint density at radius 2 is 2.10 bits per heavy atom. The highest BCUT2D eigenvalue weighted by atomic mass is 16.6. The molecule has 0 N–H and O–H groups in total. The molecule has 0 saturated carbocycles. The highest BCUT2D eigenvalue weighted by Crippen LogP contribution is 2.40. The van der Waals surface area contributed by atoms with Gasteiger partial charge in [-0.2, -0.15) is 0 Å². The normalized spacial score (nSPS) is 18.2. The topological polar surface area (TPSA) is 81.9 Å². The fraction of sp³-hybridized carbons (Fsp3) is 0.462. The van der Waals surface area contributed by atoms with E-state index in [1.54, 1.807) is 20.8 Å². The number of benzene rings is 1. The molecule has 7 nitrogen and oxygen atoms in total. The number of nitro benzene ring substituents is 1. The van der Waals surface area contributed by atoms with Crippen molar-refractivity contribution in [1.29, 1.82) is 0 Å². The highest BCUT2D eigenvalue weighted by molar-refractivity contribution is 6.02. The second kappa shape index (κ2) is 4.75. The van der Waals surface area contributed by atoms with Crippen molar-refractivity contribution < 1.29 is 19.2 Å². The maximum atomic E-state index is 12.4. The standard InChI is InChI=1S/C13H16N2O5/c1-8(19-4)14-10-7-9(15(17)18)5-6-11(10)20-13(2,3)12(14)16/h5-8H,1-4H3. The molecule has 0 fully saturated rings. The number of ether oxygens (including phenoxy) is 2. The predicted octanol–water partition coefficient (Wildman–Crippen LogP) is 2.09. The second-order valence-corrected chi connectivity index (χ2v) is 5.03. The number of nitro groups is 1. The molecule has 20 heavy (non-hydrogen) atoms. The summed E-state index contributed by atoms with van der Waals surface area (Å²) in [5.41, 5.74) is -0.804. The van der Waals surface area contributed by atoms with Crippen LogP contribution in [0.3, 0.4) is 0 Å². The Hall–Kier alpha value is -2.15. The largest absolute Gasteiger partial charge is 0.476 e. The number of methoxy groups -OCH3 is 1. The summed E-state index contributed by atoms with van der Waals surface area (Å²) < 4.78 is 10.8. The van der Waals surface area contributed by atoms with E-state index >= 15 is 0 Å². The van der Waals surface area contributed by atoms with E-state index in [9.17, 15) is 14.9 Å². The molecule has 1 aliphatic rings. The molecular weight excluding hydrogens is 264 g/mol. The van der Waals surface area contributed by atoms with Gasteiger partial charge in [0.25, 0.3) is 11.6 Å². The van der Waals surface area contributed by atoms with Crippen molar-refractivity contribution in [1.82, 2.24) is 0 Å². The number of hydrogen-bond donors (Lipinski definition) is 0. The molecule has 1 amide bonds. The minimum absolute atomic E-state index is 0.104. The van der Waals surface area contributed by atoms with Crippen LogP contribution in [0, 0.1) is 10.1 Å². The first-order valence-corrected chi connectivity index (χ1v) is 6.12. The molecule has 0 aromatic heterocycles. The Morgan fingerprint density at radius 1 is 1.45 bits per heavy atom. The number of rotatable bonds is 3. The van der Waals surface area contributed by atoms with Crippen LogP contribution in [0.25, 0.3) is 0 Å². The van der Waals surface area contributed by atoms with Crippen molar-refractivity contribution in [2.45, 2.75) is 32.6 Å². The second-order valence-electron chi connectivity index (χ2n) is 5.03. The Balaban J connectivity index is 2.59. The smallest absolute Gasteiger partial charge is 0.272 e. The molecule has 0 saturated heterocycles. The number of carbonyl (C=O) groups is 1. The monoisotopic (exact) mass is 280 g/mol. The average molecular weight is 280 g/mol. The lowest BCUT2D eigenvalue weighted by Crippen LogP contribution is -2.55. The third kappa shape index (κ3) is 2.20. The fourth-order valence-corrected chi connectivity index (χ4v) is 2.08. The number of carbonyl (C=O) groups excluding carboxylic acids is 1. The number of amides is 1. The van der Waals surface area contributed by atoms with E-state index in [2.05, 4.69) is 0 Å². The van der Waals surface area contributed by atoms with Crippen LogP contribution >= 0.6 is 0 Å². The molecule has 1 aromatic carbocycles. The molecule has 108 valence electrons. The molecule has 0 spiro atoms. The molecule has 2 rings (SSSR count). The number of fused-ring (bicyclic) bond motifs is 1. The third-order valence-corrected chi connectivity index (χ3v) is 3.22. The van der Waals surface area contributed by atoms with Gasteiger partial charge in [-0.3, -0.25) is 19.8 Å². The van der Waals surface area contributed by atoms with Crippen molar-refractivity contribution in [2.75, 3.05) is 12.0 Å². The quantitative estimate of drug-likeness (QED) is 0.625. The van der Waals surface area contributed by atoms with E-state index in [4.69, 9.17) is 9.47 Å². The van der Waals surface area contributed by atoms with Gasteiger partial charge in [0.2, 0.25) is 0 Å². The number of hydrogen-bond acceptors (Lipinski definition) is 5. The van der Waals surface area contributed by atoms with Gasteiger partial charge in [-0.15, -0.1) is 0 Å². The maximum Gasteiger partial charge on any atom is 0.272 e. The van der Waals surface area contributed by atoms with Gasteiger partial charge >= 0.3 is 0 Å². The van der Waals surface area contributed by atoms with Gasteiger partial charge in [0.1, 0.15) is 12.0 Å². The van der Waals surface area contributed by atoms with Crippen LogP contribution in [0.4, 0.5) is 11.4 Å². The SMILES string of the molecule is COC(C)N1C(=O)C(C)(C)Oc2ccc([N+](=O)[O-])cc21. The van der Waals surface area contributed by atoms with E-state index in [0.29, 0.717) is 11.4 Å². The lowest BCUT2D eigenvalue weighted by molar-refractivity contribution is -0.384. The van der Waals surface area contributed by atoms with Crippen LogP contribution in [0.15, 0.2) is 18.2 Å². The van der Waals surface area contributed by atoms with Gasteiger partial charge in [0.15, 0.2) is 5.60 Å². The summed E-state index contributed by atoms with van der Waals surface area (Å²) in [4.78, 5) is 24.2.